The number of hydrogen-bond donors (Lipinski definition) is 0. The van der Waals surface area contributed by atoms with E-state index in [1.54, 1.807) is 0 Å². The summed E-state index contributed by atoms with van der Waals surface area (Å²) in [7, 11) is 0. The van der Waals surface area contributed by atoms with Crippen LogP contribution in [0.5, 0.6) is 0 Å². The van der Waals surface area contributed by atoms with Crippen molar-refractivity contribution < 1.29 is 14.3 Å². The Balaban J connectivity index is 1.72. The highest BCUT2D eigenvalue weighted by atomic mass is 35.5. The summed E-state index contributed by atoms with van der Waals surface area (Å²) in [5.74, 6) is -0.711. The van der Waals surface area contributed by atoms with Gasteiger partial charge in [-0.15, -0.1) is 0 Å². The quantitative estimate of drug-likeness (QED) is 0.786. The minimum Gasteiger partial charge on any atom is -0.379 e. The molecule has 23 heavy (non-hydrogen) atoms. The second-order valence-electron chi connectivity index (χ2n) is 5.77. The Morgan fingerprint density at radius 2 is 1.70 bits per heavy atom. The number of ether oxygens (including phenoxy) is 1. The summed E-state index contributed by atoms with van der Waals surface area (Å²) >= 11 is 6.15. The molecule has 1 aromatic carbocycles. The van der Waals surface area contributed by atoms with E-state index in [0.717, 1.165) is 18.7 Å². The van der Waals surface area contributed by atoms with Crippen molar-refractivity contribution in [3.05, 3.63) is 40.4 Å². The maximum Gasteiger partial charge on any atom is 0.273 e. The topological polar surface area (TPSA) is 49.9 Å². The predicted molar refractivity (Wildman–Crippen MR) is 87.9 cm³/mol. The van der Waals surface area contributed by atoms with Gasteiger partial charge in [-0.05, 0) is 12.5 Å². The highest BCUT2D eigenvalue weighted by Crippen LogP contribution is 2.31. The summed E-state index contributed by atoms with van der Waals surface area (Å²) in [6, 6.07) is 7.45. The van der Waals surface area contributed by atoms with Crippen molar-refractivity contribution in [1.29, 1.82) is 0 Å². The molecule has 2 aliphatic rings. The van der Waals surface area contributed by atoms with Gasteiger partial charge in [-0.2, -0.15) is 0 Å². The van der Waals surface area contributed by atoms with Crippen molar-refractivity contribution in [2.24, 2.45) is 0 Å². The summed E-state index contributed by atoms with van der Waals surface area (Å²) in [5.41, 5.74) is 2.08. The predicted octanol–water partition coefficient (Wildman–Crippen LogP) is 1.65. The SMILES string of the molecule is Cc1ccc(C2=C(Cl)C(=O)N(CCN3CCOCC3)C2=O)cc1. The lowest BCUT2D eigenvalue weighted by Gasteiger charge is -2.28. The van der Waals surface area contributed by atoms with Crippen LogP contribution in [0, 0.1) is 6.92 Å². The molecule has 2 aliphatic heterocycles. The van der Waals surface area contributed by atoms with Crippen LogP contribution >= 0.6 is 11.6 Å². The number of benzene rings is 1. The van der Waals surface area contributed by atoms with Gasteiger partial charge in [0.05, 0.1) is 18.8 Å². The van der Waals surface area contributed by atoms with Gasteiger partial charge in [-0.25, -0.2) is 0 Å². The molecule has 0 saturated carbocycles. The first-order valence-corrected chi connectivity index (χ1v) is 8.09. The molecule has 1 saturated heterocycles. The molecule has 1 aromatic rings. The van der Waals surface area contributed by atoms with Crippen LogP contribution in [0.4, 0.5) is 0 Å². The molecule has 122 valence electrons. The number of nitrogens with zero attached hydrogens (tertiary/aromatic N) is 2. The third kappa shape index (κ3) is 3.32. The first kappa shape index (κ1) is 16.2. The molecule has 5 nitrogen and oxygen atoms in total. The van der Waals surface area contributed by atoms with Gasteiger partial charge in [-0.3, -0.25) is 19.4 Å². The largest absolute Gasteiger partial charge is 0.379 e. The molecule has 3 rings (SSSR count). The van der Waals surface area contributed by atoms with Crippen molar-refractivity contribution in [1.82, 2.24) is 9.80 Å². The molecule has 1 fully saturated rings. The summed E-state index contributed by atoms with van der Waals surface area (Å²) in [6.45, 7) is 5.99. The molecule has 6 heteroatoms. The zero-order valence-electron chi connectivity index (χ0n) is 13.0. The fourth-order valence-electron chi connectivity index (χ4n) is 2.79. The van der Waals surface area contributed by atoms with Crippen molar-refractivity contribution >= 4 is 29.0 Å². The summed E-state index contributed by atoms with van der Waals surface area (Å²) in [5, 5.41) is 0.0147. The molecule has 2 heterocycles. The molecular weight excluding hydrogens is 316 g/mol. The van der Waals surface area contributed by atoms with Gasteiger partial charge in [0.2, 0.25) is 0 Å². The number of aryl methyl sites for hydroxylation is 1. The fraction of sp³-hybridized carbons (Fsp3) is 0.412. The fourth-order valence-corrected chi connectivity index (χ4v) is 3.08. The van der Waals surface area contributed by atoms with Gasteiger partial charge >= 0.3 is 0 Å². The maximum absolute atomic E-state index is 12.6. The number of halogens is 1. The van der Waals surface area contributed by atoms with E-state index < -0.39 is 5.91 Å². The lowest BCUT2D eigenvalue weighted by molar-refractivity contribution is -0.136. The number of carbonyl (C=O) groups is 2. The van der Waals surface area contributed by atoms with Gasteiger partial charge in [0.25, 0.3) is 11.8 Å². The first-order chi connectivity index (χ1) is 11.1. The summed E-state index contributed by atoms with van der Waals surface area (Å²) in [4.78, 5) is 28.3. The van der Waals surface area contributed by atoms with E-state index >= 15 is 0 Å². The van der Waals surface area contributed by atoms with Crippen molar-refractivity contribution in [3.8, 4) is 0 Å². The smallest absolute Gasteiger partial charge is 0.273 e. The number of hydrogen-bond acceptors (Lipinski definition) is 4. The molecular formula is C17H19ClN2O3. The molecule has 0 aromatic heterocycles. The normalized spacial score (nSPS) is 19.8. The van der Waals surface area contributed by atoms with Crippen molar-refractivity contribution in [2.75, 3.05) is 39.4 Å². The van der Waals surface area contributed by atoms with Gasteiger partial charge in [0.1, 0.15) is 5.03 Å². The Hall–Kier alpha value is -1.69. The molecule has 0 radical (unpaired) electrons. The average Bonchev–Trinajstić information content (AvgIpc) is 2.78. The standard InChI is InChI=1S/C17H19ClN2O3/c1-12-2-4-13(5-3-12)14-15(18)17(22)20(16(14)21)7-6-19-8-10-23-11-9-19/h2-5H,6-11H2,1H3. The van der Waals surface area contributed by atoms with Crippen LogP contribution in [0.15, 0.2) is 29.3 Å². The van der Waals surface area contributed by atoms with Crippen LogP contribution in [0.25, 0.3) is 5.57 Å². The third-order valence-electron chi connectivity index (χ3n) is 4.20. The van der Waals surface area contributed by atoms with Gasteiger partial charge in [0.15, 0.2) is 0 Å². The Kier molecular flexibility index (Phi) is 4.80. The summed E-state index contributed by atoms with van der Waals surface area (Å²) in [6.07, 6.45) is 0. The minimum atomic E-state index is -0.402. The Labute approximate surface area is 140 Å². The zero-order chi connectivity index (χ0) is 16.4. The van der Waals surface area contributed by atoms with Crippen LogP contribution in [0.2, 0.25) is 0 Å². The number of rotatable bonds is 4. The van der Waals surface area contributed by atoms with Gasteiger partial charge in [-0.1, -0.05) is 41.4 Å². The van der Waals surface area contributed by atoms with Crippen LogP contribution in [0.1, 0.15) is 11.1 Å². The molecule has 0 N–H and O–H groups in total. The number of carbonyl (C=O) groups excluding carboxylic acids is 2. The van der Waals surface area contributed by atoms with E-state index in [0.29, 0.717) is 37.4 Å². The Morgan fingerprint density at radius 3 is 2.35 bits per heavy atom. The maximum atomic E-state index is 12.6. The third-order valence-corrected chi connectivity index (χ3v) is 4.55. The molecule has 0 bridgehead atoms. The van der Waals surface area contributed by atoms with E-state index in [1.165, 1.54) is 4.90 Å². The first-order valence-electron chi connectivity index (χ1n) is 7.71. The Bertz CT molecular complexity index is 648. The molecule has 0 spiro atoms. The van der Waals surface area contributed by atoms with Crippen molar-refractivity contribution in [2.45, 2.75) is 6.92 Å². The van der Waals surface area contributed by atoms with Crippen molar-refractivity contribution in [3.63, 3.8) is 0 Å². The second-order valence-corrected chi connectivity index (χ2v) is 6.15. The minimum absolute atomic E-state index is 0.0147. The Morgan fingerprint density at radius 1 is 1.04 bits per heavy atom. The van der Waals surface area contributed by atoms with E-state index in [2.05, 4.69) is 4.90 Å². The lowest BCUT2D eigenvalue weighted by Crippen LogP contribution is -2.43. The molecule has 2 amide bonds. The lowest BCUT2D eigenvalue weighted by atomic mass is 10.0. The highest BCUT2D eigenvalue weighted by Gasteiger charge is 2.38. The second kappa shape index (κ2) is 6.83. The number of morpholine rings is 1. The molecule has 0 aliphatic carbocycles. The van der Waals surface area contributed by atoms with Crippen LogP contribution in [-0.2, 0) is 14.3 Å². The monoisotopic (exact) mass is 334 g/mol. The number of amides is 2. The molecule has 0 atom stereocenters. The van der Waals surface area contributed by atoms with E-state index in [1.807, 2.05) is 31.2 Å². The molecule has 0 unspecified atom stereocenters. The van der Waals surface area contributed by atoms with Gasteiger partial charge in [0, 0.05) is 26.2 Å². The van der Waals surface area contributed by atoms with E-state index in [4.69, 9.17) is 16.3 Å². The average molecular weight is 335 g/mol. The number of imide groups is 1. The zero-order valence-corrected chi connectivity index (χ0v) is 13.8. The highest BCUT2D eigenvalue weighted by molar-refractivity contribution is 6.55. The van der Waals surface area contributed by atoms with Crippen LogP contribution in [-0.4, -0.2) is 61.0 Å². The van der Waals surface area contributed by atoms with E-state index in [9.17, 15) is 9.59 Å². The summed E-state index contributed by atoms with van der Waals surface area (Å²) < 4.78 is 5.30. The van der Waals surface area contributed by atoms with E-state index in [-0.39, 0.29) is 10.9 Å². The van der Waals surface area contributed by atoms with Crippen LogP contribution in [0.3, 0.4) is 0 Å². The van der Waals surface area contributed by atoms with Gasteiger partial charge < -0.3 is 4.74 Å². The van der Waals surface area contributed by atoms with Crippen LogP contribution < -0.4 is 0 Å².